The second kappa shape index (κ2) is 13.1. The number of hydrogen-bond donors (Lipinski definition) is 4. The molecule has 0 heterocycles. The number of hydrogen-bond acceptors (Lipinski definition) is 3. The van der Waals surface area contributed by atoms with E-state index in [1.54, 1.807) is 13.0 Å². The highest BCUT2D eigenvalue weighted by Gasteiger charge is 2.12. The lowest BCUT2D eigenvalue weighted by molar-refractivity contribution is -0.137. The molecular formula is C24H30FN3O4. The zero-order valence-electron chi connectivity index (χ0n) is 18.2. The monoisotopic (exact) mass is 443 g/mol. The molecule has 172 valence electrons. The average molecular weight is 444 g/mol. The summed E-state index contributed by atoms with van der Waals surface area (Å²) in [5.41, 5.74) is 1.61. The molecule has 0 saturated carbocycles. The Morgan fingerprint density at radius 3 is 2.28 bits per heavy atom. The fourth-order valence-corrected chi connectivity index (χ4v) is 3.12. The lowest BCUT2D eigenvalue weighted by Gasteiger charge is -2.13. The number of aliphatic carboxylic acids is 1. The van der Waals surface area contributed by atoms with Gasteiger partial charge in [-0.2, -0.15) is 0 Å². The molecule has 3 amide bonds. The van der Waals surface area contributed by atoms with Crippen LogP contribution in [0.25, 0.3) is 11.1 Å². The minimum absolute atomic E-state index is 0.00817. The Bertz CT molecular complexity index is 905. The number of carbonyl (C=O) groups excluding carboxylic acids is 2. The van der Waals surface area contributed by atoms with Crippen molar-refractivity contribution >= 4 is 17.9 Å². The molecule has 0 spiro atoms. The van der Waals surface area contributed by atoms with Gasteiger partial charge in [-0.25, -0.2) is 9.18 Å². The van der Waals surface area contributed by atoms with Crippen molar-refractivity contribution < 1.29 is 23.9 Å². The third kappa shape index (κ3) is 8.75. The molecule has 0 aliphatic rings. The van der Waals surface area contributed by atoms with Gasteiger partial charge in [-0.15, -0.1) is 0 Å². The van der Waals surface area contributed by atoms with Crippen LogP contribution in [0.2, 0.25) is 0 Å². The van der Waals surface area contributed by atoms with Gasteiger partial charge in [0.2, 0.25) is 0 Å². The Balaban J connectivity index is 1.61. The van der Waals surface area contributed by atoms with Crippen LogP contribution >= 0.6 is 0 Å². The topological polar surface area (TPSA) is 108 Å². The first-order chi connectivity index (χ1) is 15.4. The summed E-state index contributed by atoms with van der Waals surface area (Å²) in [4.78, 5) is 34.5. The molecule has 32 heavy (non-hydrogen) atoms. The number of halogens is 1. The van der Waals surface area contributed by atoms with Crippen molar-refractivity contribution in [1.82, 2.24) is 16.0 Å². The van der Waals surface area contributed by atoms with E-state index < -0.39 is 17.7 Å². The molecule has 0 aliphatic carbocycles. The first kappa shape index (κ1) is 24.8. The predicted molar refractivity (Wildman–Crippen MR) is 121 cm³/mol. The Morgan fingerprint density at radius 1 is 0.938 bits per heavy atom. The second-order valence-electron chi connectivity index (χ2n) is 7.61. The van der Waals surface area contributed by atoms with E-state index in [2.05, 4.69) is 16.0 Å². The van der Waals surface area contributed by atoms with E-state index in [1.165, 1.54) is 12.1 Å². The number of carbonyl (C=O) groups is 3. The number of carboxylic acid groups (broad SMARTS) is 1. The lowest BCUT2D eigenvalue weighted by Crippen LogP contribution is -2.41. The molecule has 0 aromatic heterocycles. The molecule has 0 aliphatic heterocycles. The molecule has 0 saturated heterocycles. The Morgan fingerprint density at radius 2 is 1.62 bits per heavy atom. The van der Waals surface area contributed by atoms with E-state index in [-0.39, 0.29) is 24.1 Å². The van der Waals surface area contributed by atoms with Crippen LogP contribution in [0.5, 0.6) is 0 Å². The summed E-state index contributed by atoms with van der Waals surface area (Å²) in [6.07, 6.45) is 2.59. The van der Waals surface area contributed by atoms with E-state index in [0.29, 0.717) is 31.5 Å². The third-order valence-corrected chi connectivity index (χ3v) is 4.91. The zero-order chi connectivity index (χ0) is 23.3. The number of rotatable bonds is 12. The molecule has 2 aromatic rings. The molecule has 4 N–H and O–H groups in total. The molecule has 0 fully saturated rings. The van der Waals surface area contributed by atoms with Crippen LogP contribution in [0.4, 0.5) is 9.18 Å². The fourth-order valence-electron chi connectivity index (χ4n) is 3.12. The first-order valence-electron chi connectivity index (χ1n) is 10.8. The maximum atomic E-state index is 14.4. The van der Waals surface area contributed by atoms with E-state index in [0.717, 1.165) is 18.4 Å². The summed E-state index contributed by atoms with van der Waals surface area (Å²) >= 11 is 0. The van der Waals surface area contributed by atoms with Crippen LogP contribution in [0.3, 0.4) is 0 Å². The summed E-state index contributed by atoms with van der Waals surface area (Å²) in [7, 11) is 0. The van der Waals surface area contributed by atoms with E-state index in [9.17, 15) is 18.8 Å². The van der Waals surface area contributed by atoms with E-state index in [4.69, 9.17) is 5.11 Å². The molecule has 2 aromatic carbocycles. The highest BCUT2D eigenvalue weighted by molar-refractivity contribution is 5.95. The van der Waals surface area contributed by atoms with Gasteiger partial charge in [-0.05, 0) is 55.9 Å². The van der Waals surface area contributed by atoms with Gasteiger partial charge in [0.25, 0.3) is 5.91 Å². The van der Waals surface area contributed by atoms with E-state index >= 15 is 0 Å². The van der Waals surface area contributed by atoms with Crippen molar-refractivity contribution in [3.63, 3.8) is 0 Å². The Labute approximate surface area is 187 Å². The van der Waals surface area contributed by atoms with Crippen molar-refractivity contribution in [1.29, 1.82) is 0 Å². The quantitative estimate of drug-likeness (QED) is 0.373. The smallest absolute Gasteiger partial charge is 0.314 e. The number of unbranched alkanes of at least 4 members (excludes halogenated alkanes) is 2. The van der Waals surface area contributed by atoms with Gasteiger partial charge in [0, 0.05) is 25.6 Å². The highest BCUT2D eigenvalue weighted by Crippen LogP contribution is 2.21. The zero-order valence-corrected chi connectivity index (χ0v) is 18.2. The number of urea groups is 1. The standard InChI is InChI=1S/C24H30FN3O4/c1-17(10-13-22(29)30)28-24(32)27-15-7-3-6-14-26-23(31)20-12-11-19(16-21(20)25)18-8-4-2-5-9-18/h2,4-5,8-9,11-12,16-17H,3,6-7,10,13-15H2,1H3,(H,26,31)(H,29,30)(H2,27,28,32)/t17-/m1/s1. The molecule has 1 atom stereocenters. The van der Waals surface area contributed by atoms with Gasteiger partial charge < -0.3 is 21.1 Å². The van der Waals surface area contributed by atoms with Crippen LogP contribution in [0.1, 0.15) is 49.4 Å². The molecule has 0 unspecified atom stereocenters. The van der Waals surface area contributed by atoms with Gasteiger partial charge >= 0.3 is 12.0 Å². The normalized spacial score (nSPS) is 11.4. The molecule has 7 nitrogen and oxygen atoms in total. The predicted octanol–water partition coefficient (Wildman–Crippen LogP) is 3.95. The van der Waals surface area contributed by atoms with Crippen LogP contribution in [-0.2, 0) is 4.79 Å². The SMILES string of the molecule is C[C@H](CCC(=O)O)NC(=O)NCCCCCNC(=O)c1ccc(-c2ccccc2)cc1F. The van der Waals surface area contributed by atoms with Crippen molar-refractivity contribution in [3.05, 3.63) is 59.9 Å². The summed E-state index contributed by atoms with van der Waals surface area (Å²) in [6.45, 7) is 2.64. The Kier molecular flexibility index (Phi) is 10.2. The molecule has 8 heteroatoms. The summed E-state index contributed by atoms with van der Waals surface area (Å²) in [5.74, 6) is -1.90. The third-order valence-electron chi connectivity index (χ3n) is 4.91. The van der Waals surface area contributed by atoms with Crippen molar-refractivity contribution in [2.24, 2.45) is 0 Å². The highest BCUT2D eigenvalue weighted by atomic mass is 19.1. The summed E-state index contributed by atoms with van der Waals surface area (Å²) in [5, 5.41) is 16.8. The van der Waals surface area contributed by atoms with Gasteiger partial charge in [0.05, 0.1) is 5.56 Å². The fraction of sp³-hybridized carbons (Fsp3) is 0.375. The second-order valence-corrected chi connectivity index (χ2v) is 7.61. The van der Waals surface area contributed by atoms with Gasteiger partial charge in [-0.3, -0.25) is 9.59 Å². The van der Waals surface area contributed by atoms with E-state index in [1.807, 2.05) is 30.3 Å². The lowest BCUT2D eigenvalue weighted by atomic mass is 10.0. The average Bonchev–Trinajstić information content (AvgIpc) is 2.77. The largest absolute Gasteiger partial charge is 0.481 e. The number of benzene rings is 2. The number of amides is 3. The maximum absolute atomic E-state index is 14.4. The van der Waals surface area contributed by atoms with Crippen LogP contribution in [-0.4, -0.2) is 42.1 Å². The minimum Gasteiger partial charge on any atom is -0.481 e. The Hall–Kier alpha value is -3.42. The summed E-state index contributed by atoms with van der Waals surface area (Å²) < 4.78 is 14.4. The van der Waals surface area contributed by atoms with Gasteiger partial charge in [0.1, 0.15) is 5.82 Å². The maximum Gasteiger partial charge on any atom is 0.314 e. The van der Waals surface area contributed by atoms with Crippen molar-refractivity contribution in [2.45, 2.75) is 45.1 Å². The molecule has 2 rings (SSSR count). The molecular weight excluding hydrogens is 413 g/mol. The van der Waals surface area contributed by atoms with Gasteiger partial charge in [-0.1, -0.05) is 36.4 Å². The van der Waals surface area contributed by atoms with Crippen molar-refractivity contribution in [3.8, 4) is 11.1 Å². The van der Waals surface area contributed by atoms with Crippen LogP contribution in [0, 0.1) is 5.82 Å². The minimum atomic E-state index is -0.891. The van der Waals surface area contributed by atoms with Crippen LogP contribution in [0.15, 0.2) is 48.5 Å². The van der Waals surface area contributed by atoms with Crippen molar-refractivity contribution in [2.75, 3.05) is 13.1 Å². The molecule has 0 radical (unpaired) electrons. The van der Waals surface area contributed by atoms with Gasteiger partial charge in [0.15, 0.2) is 0 Å². The number of nitrogens with one attached hydrogen (secondary N) is 3. The number of carboxylic acids is 1. The summed E-state index contributed by atoms with van der Waals surface area (Å²) in [6, 6.07) is 13.4. The van der Waals surface area contributed by atoms with Crippen LogP contribution < -0.4 is 16.0 Å². The molecule has 0 bridgehead atoms. The first-order valence-corrected chi connectivity index (χ1v) is 10.8.